The van der Waals surface area contributed by atoms with E-state index in [0.717, 1.165) is 6.07 Å². The number of carboxylic acids is 2. The van der Waals surface area contributed by atoms with Gasteiger partial charge in [-0.3, -0.25) is 14.5 Å². The van der Waals surface area contributed by atoms with Crippen LogP contribution < -0.4 is 0 Å². The molecule has 2 rings (SSSR count). The molecule has 0 saturated heterocycles. The minimum atomic E-state index is -1.29. The van der Waals surface area contributed by atoms with E-state index in [0.29, 0.717) is 4.90 Å². The monoisotopic (exact) mass is 291 g/mol. The van der Waals surface area contributed by atoms with Gasteiger partial charge < -0.3 is 10.2 Å². The van der Waals surface area contributed by atoms with Gasteiger partial charge in [0, 0.05) is 0 Å². The van der Waals surface area contributed by atoms with Crippen molar-refractivity contribution >= 4 is 23.8 Å². The summed E-state index contributed by atoms with van der Waals surface area (Å²) in [5.74, 6) is -4.47. The Balaban J connectivity index is 2.51. The summed E-state index contributed by atoms with van der Waals surface area (Å²) in [5.41, 5.74) is -0.183. The maximum absolute atomic E-state index is 12.3. The van der Waals surface area contributed by atoms with Crippen molar-refractivity contribution in [2.24, 2.45) is 5.92 Å². The molecular weight excluding hydrogens is 278 g/mol. The summed E-state index contributed by atoms with van der Waals surface area (Å²) in [6.07, 6.45) is 0. The number of amides is 2. The number of fused-ring (bicyclic) bond motifs is 1. The van der Waals surface area contributed by atoms with Crippen LogP contribution in [0.15, 0.2) is 18.2 Å². The number of aliphatic carboxylic acids is 1. The van der Waals surface area contributed by atoms with Crippen molar-refractivity contribution in [3.8, 4) is 0 Å². The number of hydrogen-bond acceptors (Lipinski definition) is 4. The number of carbonyl (C=O) groups is 4. The first-order chi connectivity index (χ1) is 9.75. The van der Waals surface area contributed by atoms with Gasteiger partial charge in [-0.15, -0.1) is 0 Å². The highest BCUT2D eigenvalue weighted by molar-refractivity contribution is 6.23. The van der Waals surface area contributed by atoms with Crippen molar-refractivity contribution in [3.63, 3.8) is 0 Å². The Morgan fingerprint density at radius 2 is 1.62 bits per heavy atom. The molecule has 110 valence electrons. The second kappa shape index (κ2) is 5.01. The van der Waals surface area contributed by atoms with Gasteiger partial charge in [-0.25, -0.2) is 9.59 Å². The summed E-state index contributed by atoms with van der Waals surface area (Å²) in [4.78, 5) is 47.4. The summed E-state index contributed by atoms with van der Waals surface area (Å²) in [6.45, 7) is 3.18. The molecule has 0 aliphatic carbocycles. The quantitative estimate of drug-likeness (QED) is 0.803. The number of rotatable bonds is 4. The average Bonchev–Trinajstić information content (AvgIpc) is 2.63. The number of carbonyl (C=O) groups excluding carboxylic acids is 2. The van der Waals surface area contributed by atoms with Crippen molar-refractivity contribution in [2.75, 3.05) is 0 Å². The number of imide groups is 1. The second-order valence-corrected chi connectivity index (χ2v) is 5.07. The van der Waals surface area contributed by atoms with Gasteiger partial charge >= 0.3 is 11.9 Å². The number of hydrogen-bond donors (Lipinski definition) is 2. The highest BCUT2D eigenvalue weighted by Gasteiger charge is 2.44. The van der Waals surface area contributed by atoms with Gasteiger partial charge in [0.05, 0.1) is 16.7 Å². The molecule has 0 spiro atoms. The van der Waals surface area contributed by atoms with Crippen LogP contribution in [0.5, 0.6) is 0 Å². The van der Waals surface area contributed by atoms with Crippen LogP contribution in [0.1, 0.15) is 44.9 Å². The summed E-state index contributed by atoms with van der Waals surface area (Å²) in [7, 11) is 0. The van der Waals surface area contributed by atoms with Crippen LogP contribution in [0.4, 0.5) is 0 Å². The highest BCUT2D eigenvalue weighted by atomic mass is 16.4. The van der Waals surface area contributed by atoms with Crippen LogP contribution in [0, 0.1) is 5.92 Å². The van der Waals surface area contributed by atoms with E-state index in [1.807, 2.05) is 0 Å². The Hall–Kier alpha value is -2.70. The molecule has 1 aromatic rings. The Morgan fingerprint density at radius 1 is 1.05 bits per heavy atom. The second-order valence-electron chi connectivity index (χ2n) is 5.07. The predicted octanol–water partition coefficient (Wildman–Crippen LogP) is 1.09. The van der Waals surface area contributed by atoms with Gasteiger partial charge in [0.25, 0.3) is 11.8 Å². The molecule has 7 nitrogen and oxygen atoms in total. The molecule has 0 saturated carbocycles. The van der Waals surface area contributed by atoms with Crippen molar-refractivity contribution in [3.05, 3.63) is 34.9 Å². The molecule has 7 heteroatoms. The molecule has 0 bridgehead atoms. The number of nitrogens with zero attached hydrogens (tertiary/aromatic N) is 1. The topological polar surface area (TPSA) is 112 Å². The van der Waals surface area contributed by atoms with Crippen LogP contribution in [-0.4, -0.2) is 44.9 Å². The molecule has 0 fully saturated rings. The first kappa shape index (κ1) is 14.7. The van der Waals surface area contributed by atoms with Gasteiger partial charge in [-0.05, 0) is 24.1 Å². The molecule has 1 unspecified atom stereocenters. The largest absolute Gasteiger partial charge is 0.480 e. The van der Waals surface area contributed by atoms with Gasteiger partial charge in [0.15, 0.2) is 0 Å². The zero-order chi connectivity index (χ0) is 15.9. The minimum absolute atomic E-state index is 0.0249. The standard InChI is InChI=1S/C14H13NO6/c1-6(2)10(14(20)21)15-11(16)8-4-3-7(13(18)19)5-9(8)12(15)17/h3-6,10H,1-2H3,(H,18,19)(H,20,21). The van der Waals surface area contributed by atoms with E-state index in [1.165, 1.54) is 12.1 Å². The number of carboxylic acid groups (broad SMARTS) is 2. The molecule has 0 aromatic heterocycles. The van der Waals surface area contributed by atoms with Crippen LogP contribution in [0.25, 0.3) is 0 Å². The lowest BCUT2D eigenvalue weighted by Crippen LogP contribution is -2.47. The molecule has 1 heterocycles. The first-order valence-electron chi connectivity index (χ1n) is 6.23. The maximum Gasteiger partial charge on any atom is 0.335 e. The highest BCUT2D eigenvalue weighted by Crippen LogP contribution is 2.28. The average molecular weight is 291 g/mol. The lowest BCUT2D eigenvalue weighted by atomic mass is 10.0. The summed E-state index contributed by atoms with van der Waals surface area (Å²) in [6, 6.07) is 2.25. The smallest absolute Gasteiger partial charge is 0.335 e. The molecule has 2 N–H and O–H groups in total. The molecule has 0 radical (unpaired) electrons. The predicted molar refractivity (Wildman–Crippen MR) is 70.2 cm³/mol. The maximum atomic E-state index is 12.3. The summed E-state index contributed by atoms with van der Waals surface area (Å²) in [5, 5.41) is 18.1. The van der Waals surface area contributed by atoms with E-state index >= 15 is 0 Å². The van der Waals surface area contributed by atoms with Crippen molar-refractivity contribution in [1.29, 1.82) is 0 Å². The molecule has 1 atom stereocenters. The van der Waals surface area contributed by atoms with Crippen molar-refractivity contribution in [2.45, 2.75) is 19.9 Å². The van der Waals surface area contributed by atoms with Crippen molar-refractivity contribution < 1.29 is 29.4 Å². The summed E-state index contributed by atoms with van der Waals surface area (Å²) >= 11 is 0. The third-order valence-electron chi connectivity index (χ3n) is 3.33. The Bertz CT molecular complexity index is 663. The molecule has 21 heavy (non-hydrogen) atoms. The number of benzene rings is 1. The van der Waals surface area contributed by atoms with Crippen LogP contribution >= 0.6 is 0 Å². The normalized spacial score (nSPS) is 15.3. The van der Waals surface area contributed by atoms with Crippen molar-refractivity contribution in [1.82, 2.24) is 4.90 Å². The molecular formula is C14H13NO6. The van der Waals surface area contributed by atoms with Crippen LogP contribution in [0.3, 0.4) is 0 Å². The van der Waals surface area contributed by atoms with E-state index in [2.05, 4.69) is 0 Å². The Morgan fingerprint density at radius 3 is 2.10 bits per heavy atom. The SMILES string of the molecule is CC(C)C(C(=O)O)N1C(=O)c2ccc(C(=O)O)cc2C1=O. The fourth-order valence-electron chi connectivity index (χ4n) is 2.34. The van der Waals surface area contributed by atoms with E-state index in [9.17, 15) is 24.3 Å². The minimum Gasteiger partial charge on any atom is -0.480 e. The molecule has 2 amide bonds. The van der Waals surface area contributed by atoms with E-state index in [-0.39, 0.29) is 16.7 Å². The molecule has 1 aliphatic rings. The van der Waals surface area contributed by atoms with Crippen LogP contribution in [0.2, 0.25) is 0 Å². The first-order valence-corrected chi connectivity index (χ1v) is 6.23. The third kappa shape index (κ3) is 2.26. The third-order valence-corrected chi connectivity index (χ3v) is 3.33. The fraction of sp³-hybridized carbons (Fsp3) is 0.286. The fourth-order valence-corrected chi connectivity index (χ4v) is 2.34. The zero-order valence-corrected chi connectivity index (χ0v) is 11.4. The van der Waals surface area contributed by atoms with Gasteiger partial charge in [-0.1, -0.05) is 13.8 Å². The lowest BCUT2D eigenvalue weighted by Gasteiger charge is -2.25. The van der Waals surface area contributed by atoms with Gasteiger partial charge in [0.1, 0.15) is 6.04 Å². The van der Waals surface area contributed by atoms with E-state index in [4.69, 9.17) is 5.11 Å². The molecule has 1 aliphatic heterocycles. The van der Waals surface area contributed by atoms with Crippen LogP contribution in [-0.2, 0) is 4.79 Å². The molecule has 1 aromatic carbocycles. The van der Waals surface area contributed by atoms with E-state index in [1.54, 1.807) is 13.8 Å². The Kier molecular flexibility index (Phi) is 3.51. The van der Waals surface area contributed by atoms with Gasteiger partial charge in [0.2, 0.25) is 0 Å². The summed E-state index contributed by atoms with van der Waals surface area (Å²) < 4.78 is 0. The van der Waals surface area contributed by atoms with E-state index < -0.39 is 35.7 Å². The lowest BCUT2D eigenvalue weighted by molar-refractivity contribution is -0.143. The zero-order valence-electron chi connectivity index (χ0n) is 11.4. The van der Waals surface area contributed by atoms with Gasteiger partial charge in [-0.2, -0.15) is 0 Å². The Labute approximate surface area is 119 Å². The number of aromatic carboxylic acids is 1.